The molecule has 0 radical (unpaired) electrons. The van der Waals surface area contributed by atoms with Crippen molar-refractivity contribution in [1.82, 2.24) is 0 Å². The molecule has 0 fully saturated rings. The molecular formula is C14H12ClF2N. The van der Waals surface area contributed by atoms with E-state index in [1.807, 2.05) is 0 Å². The molecule has 4 heteroatoms. The van der Waals surface area contributed by atoms with Crippen molar-refractivity contribution in [3.63, 3.8) is 0 Å². The number of nitrogens with one attached hydrogen (secondary N) is 1. The summed E-state index contributed by atoms with van der Waals surface area (Å²) in [6.07, 6.45) is 0. The summed E-state index contributed by atoms with van der Waals surface area (Å²) in [5.41, 5.74) is 1.10. The lowest BCUT2D eigenvalue weighted by atomic mass is 10.1. The quantitative estimate of drug-likeness (QED) is 0.843. The molecule has 2 aromatic carbocycles. The average Bonchev–Trinajstić information content (AvgIpc) is 2.35. The maximum atomic E-state index is 13.6. The Kier molecular flexibility index (Phi) is 3.82. The number of hydrogen-bond donors (Lipinski definition) is 1. The van der Waals surface area contributed by atoms with Gasteiger partial charge in [-0.15, -0.1) is 0 Å². The molecule has 0 heterocycles. The molecule has 1 N–H and O–H groups in total. The summed E-state index contributed by atoms with van der Waals surface area (Å²) in [6.45, 7) is 1.77. The second kappa shape index (κ2) is 5.36. The standard InChI is InChI=1S/C14H12ClF2N/c1-9(13-8-11(16)4-7-14(13)17)18-12-5-2-10(15)3-6-12/h2-9,18H,1H3. The molecule has 0 spiro atoms. The lowest BCUT2D eigenvalue weighted by Gasteiger charge is -2.16. The van der Waals surface area contributed by atoms with Crippen LogP contribution in [0.25, 0.3) is 0 Å². The average molecular weight is 268 g/mol. The maximum Gasteiger partial charge on any atom is 0.128 e. The van der Waals surface area contributed by atoms with E-state index in [0.29, 0.717) is 10.6 Å². The van der Waals surface area contributed by atoms with Crippen LogP contribution in [0.1, 0.15) is 18.5 Å². The van der Waals surface area contributed by atoms with Crippen LogP contribution in [0.2, 0.25) is 5.02 Å². The molecular weight excluding hydrogens is 256 g/mol. The van der Waals surface area contributed by atoms with Crippen LogP contribution in [0.15, 0.2) is 42.5 Å². The van der Waals surface area contributed by atoms with Crippen LogP contribution >= 0.6 is 11.6 Å². The number of anilines is 1. The Balaban J connectivity index is 2.18. The fourth-order valence-corrected chi connectivity index (χ4v) is 1.85. The molecule has 0 bridgehead atoms. The van der Waals surface area contributed by atoms with Gasteiger partial charge in [-0.05, 0) is 49.4 Å². The van der Waals surface area contributed by atoms with Crippen LogP contribution in [0.3, 0.4) is 0 Å². The number of benzene rings is 2. The van der Waals surface area contributed by atoms with E-state index in [4.69, 9.17) is 11.6 Å². The highest BCUT2D eigenvalue weighted by atomic mass is 35.5. The van der Waals surface area contributed by atoms with Crippen molar-refractivity contribution >= 4 is 17.3 Å². The topological polar surface area (TPSA) is 12.0 Å². The molecule has 0 aliphatic heterocycles. The van der Waals surface area contributed by atoms with Crippen molar-refractivity contribution in [2.24, 2.45) is 0 Å². The van der Waals surface area contributed by atoms with Gasteiger partial charge in [0.2, 0.25) is 0 Å². The molecule has 94 valence electrons. The molecule has 2 aromatic rings. The number of hydrogen-bond acceptors (Lipinski definition) is 1. The number of rotatable bonds is 3. The SMILES string of the molecule is CC(Nc1ccc(Cl)cc1)c1cc(F)ccc1F. The van der Waals surface area contributed by atoms with Crippen LogP contribution in [0, 0.1) is 11.6 Å². The zero-order valence-electron chi connectivity index (χ0n) is 9.75. The minimum Gasteiger partial charge on any atom is -0.378 e. The molecule has 18 heavy (non-hydrogen) atoms. The first kappa shape index (κ1) is 12.8. The minimum atomic E-state index is -0.448. The Morgan fingerprint density at radius 2 is 1.72 bits per heavy atom. The second-order valence-electron chi connectivity index (χ2n) is 4.04. The second-order valence-corrected chi connectivity index (χ2v) is 4.48. The van der Waals surface area contributed by atoms with Gasteiger partial charge in [0.15, 0.2) is 0 Å². The zero-order chi connectivity index (χ0) is 13.1. The van der Waals surface area contributed by atoms with Crippen LogP contribution in [-0.4, -0.2) is 0 Å². The lowest BCUT2D eigenvalue weighted by Crippen LogP contribution is -2.08. The lowest BCUT2D eigenvalue weighted by molar-refractivity contribution is 0.577. The van der Waals surface area contributed by atoms with Gasteiger partial charge in [0.1, 0.15) is 11.6 Å². The summed E-state index contributed by atoms with van der Waals surface area (Å²) in [5, 5.41) is 3.72. The van der Waals surface area contributed by atoms with Gasteiger partial charge in [-0.25, -0.2) is 8.78 Å². The first-order chi connectivity index (χ1) is 8.56. The maximum absolute atomic E-state index is 13.6. The molecule has 0 saturated carbocycles. The largest absolute Gasteiger partial charge is 0.378 e. The summed E-state index contributed by atoms with van der Waals surface area (Å²) in [6, 6.07) is 10.1. The highest BCUT2D eigenvalue weighted by Gasteiger charge is 2.11. The van der Waals surface area contributed by atoms with E-state index < -0.39 is 11.6 Å². The van der Waals surface area contributed by atoms with E-state index >= 15 is 0 Å². The molecule has 1 nitrogen and oxygen atoms in total. The van der Waals surface area contributed by atoms with Crippen molar-refractivity contribution in [3.05, 3.63) is 64.7 Å². The molecule has 1 atom stereocenters. The first-order valence-corrected chi connectivity index (χ1v) is 5.91. The Hall–Kier alpha value is -1.61. The molecule has 0 aromatic heterocycles. The third-order valence-corrected chi connectivity index (χ3v) is 2.90. The molecule has 0 aliphatic carbocycles. The summed E-state index contributed by atoms with van der Waals surface area (Å²) in [7, 11) is 0. The highest BCUT2D eigenvalue weighted by Crippen LogP contribution is 2.23. The molecule has 0 saturated heterocycles. The van der Waals surface area contributed by atoms with E-state index in [9.17, 15) is 8.78 Å². The summed E-state index contributed by atoms with van der Waals surface area (Å²) < 4.78 is 26.6. The van der Waals surface area contributed by atoms with Gasteiger partial charge in [-0.1, -0.05) is 11.6 Å². The van der Waals surface area contributed by atoms with E-state index in [-0.39, 0.29) is 6.04 Å². The third-order valence-electron chi connectivity index (χ3n) is 2.65. The summed E-state index contributed by atoms with van der Waals surface area (Å²) in [5.74, 6) is -0.874. The predicted octanol–water partition coefficient (Wildman–Crippen LogP) is 4.79. The summed E-state index contributed by atoms with van der Waals surface area (Å²) >= 11 is 5.77. The van der Waals surface area contributed by atoms with Crippen LogP contribution < -0.4 is 5.32 Å². The van der Waals surface area contributed by atoms with Gasteiger partial charge < -0.3 is 5.32 Å². The van der Waals surface area contributed by atoms with Crippen LogP contribution in [0.4, 0.5) is 14.5 Å². The smallest absolute Gasteiger partial charge is 0.128 e. The molecule has 0 aliphatic rings. The fourth-order valence-electron chi connectivity index (χ4n) is 1.72. The predicted molar refractivity (Wildman–Crippen MR) is 69.8 cm³/mol. The Morgan fingerprint density at radius 3 is 2.39 bits per heavy atom. The van der Waals surface area contributed by atoms with Crippen LogP contribution in [0.5, 0.6) is 0 Å². The van der Waals surface area contributed by atoms with E-state index in [1.165, 1.54) is 6.07 Å². The molecule has 2 rings (SSSR count). The summed E-state index contributed by atoms with van der Waals surface area (Å²) in [4.78, 5) is 0. The van der Waals surface area contributed by atoms with Gasteiger partial charge in [-0.3, -0.25) is 0 Å². The van der Waals surface area contributed by atoms with Gasteiger partial charge in [-0.2, -0.15) is 0 Å². The van der Waals surface area contributed by atoms with E-state index in [2.05, 4.69) is 5.32 Å². The van der Waals surface area contributed by atoms with Crippen molar-refractivity contribution in [1.29, 1.82) is 0 Å². The van der Waals surface area contributed by atoms with Gasteiger partial charge in [0.05, 0.1) is 6.04 Å². The van der Waals surface area contributed by atoms with Gasteiger partial charge in [0, 0.05) is 16.3 Å². The molecule has 0 amide bonds. The Bertz CT molecular complexity index is 540. The normalized spacial score (nSPS) is 12.2. The third kappa shape index (κ3) is 2.99. The van der Waals surface area contributed by atoms with E-state index in [0.717, 1.165) is 17.8 Å². The first-order valence-electron chi connectivity index (χ1n) is 5.53. The zero-order valence-corrected chi connectivity index (χ0v) is 10.5. The van der Waals surface area contributed by atoms with Crippen molar-refractivity contribution in [2.45, 2.75) is 13.0 Å². The van der Waals surface area contributed by atoms with Gasteiger partial charge in [0.25, 0.3) is 0 Å². The minimum absolute atomic E-state index is 0.296. The van der Waals surface area contributed by atoms with Gasteiger partial charge >= 0.3 is 0 Å². The van der Waals surface area contributed by atoms with Crippen LogP contribution in [-0.2, 0) is 0 Å². The van der Waals surface area contributed by atoms with Crippen molar-refractivity contribution in [2.75, 3.05) is 5.32 Å². The van der Waals surface area contributed by atoms with Crippen molar-refractivity contribution < 1.29 is 8.78 Å². The van der Waals surface area contributed by atoms with E-state index in [1.54, 1.807) is 31.2 Å². The highest BCUT2D eigenvalue weighted by molar-refractivity contribution is 6.30. The Morgan fingerprint density at radius 1 is 1.06 bits per heavy atom. The monoisotopic (exact) mass is 267 g/mol. The van der Waals surface area contributed by atoms with Crippen molar-refractivity contribution in [3.8, 4) is 0 Å². The molecule has 1 unspecified atom stereocenters. The Labute approximate surface area is 109 Å². The fraction of sp³-hybridized carbons (Fsp3) is 0.143. The number of halogens is 3.